The summed E-state index contributed by atoms with van der Waals surface area (Å²) in [6, 6.07) is 7.17. The third kappa shape index (κ3) is 9.91. The quantitative estimate of drug-likeness (QED) is 0.372. The summed E-state index contributed by atoms with van der Waals surface area (Å²) in [4.78, 5) is 14.6. The van der Waals surface area contributed by atoms with E-state index >= 15 is 0 Å². The van der Waals surface area contributed by atoms with E-state index in [0.717, 1.165) is 36.0 Å². The van der Waals surface area contributed by atoms with Gasteiger partial charge >= 0.3 is 6.36 Å². The zero-order valence-corrected chi connectivity index (χ0v) is 19.2. The van der Waals surface area contributed by atoms with Crippen molar-refractivity contribution in [3.8, 4) is 5.75 Å². The van der Waals surface area contributed by atoms with Gasteiger partial charge in [0, 0.05) is 23.9 Å². The number of rotatable bonds is 10. The Hall–Kier alpha value is -3.13. The molecule has 2 N–H and O–H groups in total. The van der Waals surface area contributed by atoms with Gasteiger partial charge in [0.25, 0.3) is 0 Å². The van der Waals surface area contributed by atoms with Gasteiger partial charge in [0.15, 0.2) is 5.78 Å². The van der Waals surface area contributed by atoms with Gasteiger partial charge in [-0.2, -0.15) is 0 Å². The Morgan fingerprint density at radius 1 is 1.18 bits per heavy atom. The lowest BCUT2D eigenvalue weighted by Crippen LogP contribution is -2.17. The van der Waals surface area contributed by atoms with Gasteiger partial charge in [-0.25, -0.2) is 4.98 Å². The van der Waals surface area contributed by atoms with Crippen LogP contribution in [0.15, 0.2) is 55.3 Å². The van der Waals surface area contributed by atoms with Gasteiger partial charge in [0.2, 0.25) is 0 Å². The van der Waals surface area contributed by atoms with Crippen LogP contribution < -0.4 is 10.1 Å². The van der Waals surface area contributed by atoms with Crippen molar-refractivity contribution >= 4 is 22.9 Å². The van der Waals surface area contributed by atoms with E-state index in [1.54, 1.807) is 12.3 Å². The van der Waals surface area contributed by atoms with Crippen LogP contribution in [0, 0.1) is 0 Å². The van der Waals surface area contributed by atoms with Crippen molar-refractivity contribution in [1.29, 1.82) is 0 Å². The van der Waals surface area contributed by atoms with E-state index in [9.17, 15) is 23.1 Å². The number of nitrogens with one attached hydrogen (secondary N) is 1. The lowest BCUT2D eigenvalue weighted by atomic mass is 9.98. The Morgan fingerprint density at radius 3 is 2.30 bits per heavy atom. The first-order valence-electron chi connectivity index (χ1n) is 10.7. The molecule has 0 amide bonds. The van der Waals surface area contributed by atoms with E-state index in [2.05, 4.69) is 27.7 Å². The van der Waals surface area contributed by atoms with Crippen LogP contribution in [0.4, 0.5) is 24.7 Å². The Labute approximate surface area is 193 Å². The molecule has 1 aromatic carbocycles. The summed E-state index contributed by atoms with van der Waals surface area (Å²) in [5, 5.41) is 12.8. The fourth-order valence-electron chi connectivity index (χ4n) is 2.98. The first kappa shape index (κ1) is 27.9. The molecule has 0 aliphatic heterocycles. The third-order valence-corrected chi connectivity index (χ3v) is 4.43. The molecule has 0 unspecified atom stereocenters. The molecule has 1 heterocycles. The van der Waals surface area contributed by atoms with Crippen molar-refractivity contribution in [3.63, 3.8) is 0 Å². The Bertz CT molecular complexity index is 923. The number of anilines is 2. The summed E-state index contributed by atoms with van der Waals surface area (Å²) in [6.07, 6.45) is 3.46. The third-order valence-electron chi connectivity index (χ3n) is 4.43. The minimum absolute atomic E-state index is 0.133. The SMILES string of the molecule is C=CC(=O)CCC.CC/C=C(\CC)c1c(CO)ccnc1Nc1ccc(OC(F)(F)F)cc1. The summed E-state index contributed by atoms with van der Waals surface area (Å²) < 4.78 is 40.6. The second-order valence-electron chi connectivity index (χ2n) is 6.96. The number of allylic oxidation sites excluding steroid dienone is 3. The number of halogens is 3. The molecule has 0 saturated carbocycles. The van der Waals surface area contributed by atoms with Crippen LogP contribution in [-0.2, 0) is 11.4 Å². The largest absolute Gasteiger partial charge is 0.573 e. The summed E-state index contributed by atoms with van der Waals surface area (Å²) in [7, 11) is 0. The highest BCUT2D eigenvalue weighted by Gasteiger charge is 2.31. The molecule has 0 saturated heterocycles. The normalized spacial score (nSPS) is 11.3. The molecule has 0 atom stereocenters. The number of carbonyl (C=O) groups is 1. The predicted octanol–water partition coefficient (Wildman–Crippen LogP) is 6.96. The van der Waals surface area contributed by atoms with Gasteiger partial charge < -0.3 is 15.2 Å². The van der Waals surface area contributed by atoms with Crippen LogP contribution in [0.1, 0.15) is 57.6 Å². The van der Waals surface area contributed by atoms with Crippen LogP contribution in [0.5, 0.6) is 5.75 Å². The van der Waals surface area contributed by atoms with Gasteiger partial charge in [-0.3, -0.25) is 4.79 Å². The highest BCUT2D eigenvalue weighted by Crippen LogP contribution is 2.31. The second kappa shape index (κ2) is 14.1. The van der Waals surface area contributed by atoms with E-state index in [4.69, 9.17) is 0 Å². The standard InChI is InChI=1S/C19H21F3N2O2.C6H10O/c1-3-5-13(4-2)17-14(12-25)10-11-23-18(17)24-15-6-8-16(9-7-15)26-19(20,21)22;1-3-5-6(7)4-2/h5-11,25H,3-4,12H2,1-2H3,(H,23,24);4H,2-3,5H2,1H3/b13-5+;. The lowest BCUT2D eigenvalue weighted by molar-refractivity contribution is -0.274. The zero-order valence-electron chi connectivity index (χ0n) is 19.2. The molecule has 0 bridgehead atoms. The number of carbonyl (C=O) groups excluding carboxylic acids is 1. The van der Waals surface area contributed by atoms with Crippen molar-refractivity contribution in [2.45, 2.75) is 59.4 Å². The predicted molar refractivity (Wildman–Crippen MR) is 125 cm³/mol. The fraction of sp³-hybridized carbons (Fsp3) is 0.360. The molecule has 8 heteroatoms. The molecule has 0 aliphatic carbocycles. The molecule has 0 fully saturated rings. The first-order valence-corrected chi connectivity index (χ1v) is 10.7. The zero-order chi connectivity index (χ0) is 24.9. The maximum atomic E-state index is 12.2. The Kier molecular flexibility index (Phi) is 11.9. The number of ether oxygens (including phenoxy) is 1. The van der Waals surface area contributed by atoms with Crippen molar-refractivity contribution in [2.24, 2.45) is 0 Å². The highest BCUT2D eigenvalue weighted by atomic mass is 19.4. The van der Waals surface area contributed by atoms with E-state index in [0.29, 0.717) is 17.9 Å². The topological polar surface area (TPSA) is 71.5 Å². The van der Waals surface area contributed by atoms with Crippen molar-refractivity contribution in [3.05, 3.63) is 66.4 Å². The van der Waals surface area contributed by atoms with Crippen LogP contribution in [0.2, 0.25) is 0 Å². The number of aromatic nitrogens is 1. The number of aliphatic hydroxyl groups is 1. The van der Waals surface area contributed by atoms with Crippen LogP contribution in [0.3, 0.4) is 0 Å². The highest BCUT2D eigenvalue weighted by molar-refractivity contribution is 5.88. The lowest BCUT2D eigenvalue weighted by Gasteiger charge is -2.17. The molecule has 5 nitrogen and oxygen atoms in total. The summed E-state index contributed by atoms with van der Waals surface area (Å²) in [6.45, 7) is 9.21. The maximum Gasteiger partial charge on any atom is 0.573 e. The van der Waals surface area contributed by atoms with E-state index < -0.39 is 6.36 Å². The molecule has 0 radical (unpaired) electrons. The molecule has 1 aromatic heterocycles. The van der Waals surface area contributed by atoms with E-state index in [-0.39, 0.29) is 18.1 Å². The smallest absolute Gasteiger partial charge is 0.406 e. The van der Waals surface area contributed by atoms with E-state index in [1.165, 1.54) is 30.3 Å². The van der Waals surface area contributed by atoms with E-state index in [1.807, 2.05) is 20.8 Å². The molecule has 2 rings (SSSR count). The van der Waals surface area contributed by atoms with Crippen molar-refractivity contribution in [2.75, 3.05) is 5.32 Å². The van der Waals surface area contributed by atoms with Gasteiger partial charge in [-0.1, -0.05) is 33.4 Å². The monoisotopic (exact) mass is 464 g/mol. The summed E-state index contributed by atoms with van der Waals surface area (Å²) in [5.74, 6) is 0.394. The van der Waals surface area contributed by atoms with Gasteiger partial charge in [-0.15, -0.1) is 13.2 Å². The number of ketones is 1. The number of nitrogens with zero attached hydrogens (tertiary/aromatic N) is 1. The Balaban J connectivity index is 0.000000675. The molecule has 0 spiro atoms. The van der Waals surface area contributed by atoms with Gasteiger partial charge in [-0.05, 0) is 66.8 Å². The maximum absolute atomic E-state index is 12.2. The average Bonchev–Trinajstić information content (AvgIpc) is 2.78. The van der Waals surface area contributed by atoms with Crippen LogP contribution in [-0.4, -0.2) is 22.2 Å². The average molecular weight is 465 g/mol. The minimum atomic E-state index is -4.72. The van der Waals surface area contributed by atoms with Crippen molar-refractivity contribution in [1.82, 2.24) is 4.98 Å². The molecule has 0 aliphatic rings. The van der Waals surface area contributed by atoms with Crippen molar-refractivity contribution < 1.29 is 27.8 Å². The van der Waals surface area contributed by atoms with Crippen LogP contribution >= 0.6 is 0 Å². The number of aliphatic hydroxyl groups excluding tert-OH is 1. The second-order valence-corrected chi connectivity index (χ2v) is 6.96. The molecular formula is C25H31F3N2O3. The van der Waals surface area contributed by atoms with Crippen LogP contribution in [0.25, 0.3) is 5.57 Å². The minimum Gasteiger partial charge on any atom is -0.406 e. The summed E-state index contributed by atoms with van der Waals surface area (Å²) >= 11 is 0. The molecule has 33 heavy (non-hydrogen) atoms. The number of alkyl halides is 3. The fourth-order valence-corrected chi connectivity index (χ4v) is 2.98. The number of hydrogen-bond acceptors (Lipinski definition) is 5. The summed E-state index contributed by atoms with van der Waals surface area (Å²) in [5.41, 5.74) is 3.16. The number of pyridine rings is 1. The number of hydrogen-bond donors (Lipinski definition) is 2. The Morgan fingerprint density at radius 2 is 1.85 bits per heavy atom. The molecular weight excluding hydrogens is 433 g/mol. The van der Waals surface area contributed by atoms with Gasteiger partial charge in [0.1, 0.15) is 11.6 Å². The molecule has 180 valence electrons. The van der Waals surface area contributed by atoms with Gasteiger partial charge in [0.05, 0.1) is 6.61 Å². The molecule has 2 aromatic rings. The number of benzene rings is 1. The first-order chi connectivity index (χ1) is 15.7.